The van der Waals surface area contributed by atoms with Gasteiger partial charge in [-0.1, -0.05) is 13.8 Å². The summed E-state index contributed by atoms with van der Waals surface area (Å²) in [6.45, 7) is 3.26. The van der Waals surface area contributed by atoms with Crippen molar-refractivity contribution in [2.24, 2.45) is 0 Å². The van der Waals surface area contributed by atoms with Gasteiger partial charge in [-0.2, -0.15) is 0 Å². The zero-order valence-electron chi connectivity index (χ0n) is 10.9. The molecule has 1 heterocycles. The Kier molecular flexibility index (Phi) is 3.26. The molecular weight excluding hydrogens is 255 g/mol. The lowest BCUT2D eigenvalue weighted by Crippen LogP contribution is -2.24. The number of rotatable bonds is 4. The second kappa shape index (κ2) is 4.60. The molecule has 0 amide bonds. The van der Waals surface area contributed by atoms with Crippen LogP contribution < -0.4 is 14.2 Å². The SMILES string of the molecule is COc1cc2c(c(C(C)(C)CC(=O)O)c1F)OCO2. The zero-order chi connectivity index (χ0) is 14.2. The molecule has 2 rings (SSSR count). The third-order valence-corrected chi connectivity index (χ3v) is 3.06. The van der Waals surface area contributed by atoms with Gasteiger partial charge in [0.05, 0.1) is 13.5 Å². The first-order chi connectivity index (χ1) is 8.86. The lowest BCUT2D eigenvalue weighted by Gasteiger charge is -2.25. The molecule has 1 aromatic carbocycles. The molecule has 19 heavy (non-hydrogen) atoms. The normalized spacial score (nSPS) is 13.5. The molecule has 0 unspecified atom stereocenters. The number of hydrogen-bond donors (Lipinski definition) is 1. The third kappa shape index (κ3) is 2.30. The largest absolute Gasteiger partial charge is 0.494 e. The van der Waals surface area contributed by atoms with Gasteiger partial charge in [0.1, 0.15) is 0 Å². The average molecular weight is 270 g/mol. The summed E-state index contributed by atoms with van der Waals surface area (Å²) in [4.78, 5) is 10.9. The molecular formula is C13H15FO5. The van der Waals surface area contributed by atoms with Gasteiger partial charge in [-0.3, -0.25) is 4.79 Å². The third-order valence-electron chi connectivity index (χ3n) is 3.06. The predicted octanol–water partition coefficient (Wildman–Crippen LogP) is 2.32. The smallest absolute Gasteiger partial charge is 0.304 e. The number of ether oxygens (including phenoxy) is 3. The van der Waals surface area contributed by atoms with Crippen molar-refractivity contribution in [1.29, 1.82) is 0 Å². The lowest BCUT2D eigenvalue weighted by molar-refractivity contribution is -0.138. The number of carboxylic acids is 1. The minimum atomic E-state index is -1.01. The van der Waals surface area contributed by atoms with Crippen molar-refractivity contribution in [2.75, 3.05) is 13.9 Å². The molecule has 0 fully saturated rings. The number of hydrogen-bond acceptors (Lipinski definition) is 4. The Bertz CT molecular complexity index is 524. The van der Waals surface area contributed by atoms with Crippen LogP contribution in [0.2, 0.25) is 0 Å². The van der Waals surface area contributed by atoms with E-state index >= 15 is 0 Å². The first-order valence-electron chi connectivity index (χ1n) is 5.75. The first-order valence-corrected chi connectivity index (χ1v) is 5.75. The van der Waals surface area contributed by atoms with Gasteiger partial charge < -0.3 is 19.3 Å². The molecule has 5 nitrogen and oxygen atoms in total. The van der Waals surface area contributed by atoms with E-state index in [4.69, 9.17) is 19.3 Å². The predicted molar refractivity (Wildman–Crippen MR) is 64.4 cm³/mol. The molecule has 1 N–H and O–H groups in total. The summed E-state index contributed by atoms with van der Waals surface area (Å²) in [7, 11) is 1.34. The van der Waals surface area contributed by atoms with Crippen molar-refractivity contribution in [3.8, 4) is 17.2 Å². The van der Waals surface area contributed by atoms with Crippen LogP contribution >= 0.6 is 0 Å². The molecule has 0 aliphatic carbocycles. The van der Waals surface area contributed by atoms with Crippen molar-refractivity contribution in [1.82, 2.24) is 0 Å². The number of halogens is 1. The van der Waals surface area contributed by atoms with Crippen molar-refractivity contribution in [3.63, 3.8) is 0 Å². The van der Waals surface area contributed by atoms with Gasteiger partial charge in [0.2, 0.25) is 6.79 Å². The van der Waals surface area contributed by atoms with Crippen LogP contribution in [-0.4, -0.2) is 25.0 Å². The van der Waals surface area contributed by atoms with Crippen molar-refractivity contribution < 1.29 is 28.5 Å². The number of aliphatic carboxylic acids is 1. The van der Waals surface area contributed by atoms with Gasteiger partial charge in [0, 0.05) is 17.0 Å². The Morgan fingerprint density at radius 3 is 2.79 bits per heavy atom. The molecule has 0 bridgehead atoms. The minimum Gasteiger partial charge on any atom is -0.494 e. The fourth-order valence-electron chi connectivity index (χ4n) is 2.22. The van der Waals surface area contributed by atoms with E-state index in [2.05, 4.69) is 0 Å². The Labute approximate surface area is 109 Å². The molecule has 1 aliphatic rings. The Hall–Kier alpha value is -1.98. The van der Waals surface area contributed by atoms with Gasteiger partial charge in [0.15, 0.2) is 23.1 Å². The highest BCUT2D eigenvalue weighted by molar-refractivity contribution is 5.70. The van der Waals surface area contributed by atoms with E-state index in [0.29, 0.717) is 5.75 Å². The number of carbonyl (C=O) groups is 1. The lowest BCUT2D eigenvalue weighted by atomic mass is 9.80. The van der Waals surface area contributed by atoms with Crippen LogP contribution in [0.5, 0.6) is 17.2 Å². The summed E-state index contributed by atoms with van der Waals surface area (Å²) in [5.74, 6) is -0.994. The van der Waals surface area contributed by atoms with Crippen LogP contribution in [0.4, 0.5) is 4.39 Å². The van der Waals surface area contributed by atoms with Gasteiger partial charge in [-0.05, 0) is 0 Å². The fourth-order valence-corrected chi connectivity index (χ4v) is 2.22. The average Bonchev–Trinajstić information content (AvgIpc) is 2.72. The number of methoxy groups -OCH3 is 1. The van der Waals surface area contributed by atoms with E-state index < -0.39 is 17.2 Å². The maximum atomic E-state index is 14.4. The minimum absolute atomic E-state index is 0.0118. The van der Waals surface area contributed by atoms with Gasteiger partial charge in [0.25, 0.3) is 0 Å². The summed E-state index contributed by atoms with van der Waals surface area (Å²) in [6.07, 6.45) is -0.229. The van der Waals surface area contributed by atoms with Crippen LogP contribution in [0.3, 0.4) is 0 Å². The highest BCUT2D eigenvalue weighted by Gasteiger charge is 2.36. The molecule has 0 saturated heterocycles. The van der Waals surface area contributed by atoms with Crippen LogP contribution in [-0.2, 0) is 10.2 Å². The topological polar surface area (TPSA) is 65.0 Å². The summed E-state index contributed by atoms with van der Waals surface area (Å²) >= 11 is 0. The Morgan fingerprint density at radius 2 is 2.21 bits per heavy atom. The summed E-state index contributed by atoms with van der Waals surface area (Å²) in [5, 5.41) is 8.95. The van der Waals surface area contributed by atoms with Crippen molar-refractivity contribution in [3.05, 3.63) is 17.4 Å². The van der Waals surface area contributed by atoms with E-state index in [1.54, 1.807) is 13.8 Å². The highest BCUT2D eigenvalue weighted by Crippen LogP contribution is 2.47. The molecule has 1 aromatic rings. The second-order valence-electron chi connectivity index (χ2n) is 4.96. The monoisotopic (exact) mass is 270 g/mol. The Balaban J connectivity index is 2.61. The van der Waals surface area contributed by atoms with E-state index in [-0.39, 0.29) is 30.3 Å². The standard InChI is InChI=1S/C13H15FO5/c1-13(2,5-9(15)16)10-11(14)7(17-3)4-8-12(10)19-6-18-8/h4H,5-6H2,1-3H3,(H,15,16). The molecule has 104 valence electrons. The van der Waals surface area contributed by atoms with Crippen molar-refractivity contribution in [2.45, 2.75) is 25.7 Å². The van der Waals surface area contributed by atoms with E-state index in [1.165, 1.54) is 13.2 Å². The van der Waals surface area contributed by atoms with E-state index in [1.807, 2.05) is 0 Å². The van der Waals surface area contributed by atoms with Gasteiger partial charge >= 0.3 is 5.97 Å². The van der Waals surface area contributed by atoms with Crippen LogP contribution in [0.1, 0.15) is 25.8 Å². The van der Waals surface area contributed by atoms with Crippen LogP contribution in [0.15, 0.2) is 6.07 Å². The van der Waals surface area contributed by atoms with Gasteiger partial charge in [-0.15, -0.1) is 0 Å². The summed E-state index contributed by atoms with van der Waals surface area (Å²) in [6, 6.07) is 1.40. The maximum absolute atomic E-state index is 14.4. The quantitative estimate of drug-likeness (QED) is 0.909. The van der Waals surface area contributed by atoms with Crippen molar-refractivity contribution >= 4 is 5.97 Å². The Morgan fingerprint density at radius 1 is 1.53 bits per heavy atom. The number of carboxylic acid groups (broad SMARTS) is 1. The van der Waals surface area contributed by atoms with Crippen LogP contribution in [0, 0.1) is 5.82 Å². The molecule has 1 aliphatic heterocycles. The van der Waals surface area contributed by atoms with Crippen LogP contribution in [0.25, 0.3) is 0 Å². The summed E-state index contributed by atoms with van der Waals surface area (Å²) in [5.41, 5.74) is -0.774. The zero-order valence-corrected chi connectivity index (χ0v) is 10.9. The second-order valence-corrected chi connectivity index (χ2v) is 4.96. The van der Waals surface area contributed by atoms with Gasteiger partial charge in [-0.25, -0.2) is 4.39 Å². The van der Waals surface area contributed by atoms with E-state index in [0.717, 1.165) is 0 Å². The molecule has 0 aromatic heterocycles. The highest BCUT2D eigenvalue weighted by atomic mass is 19.1. The molecule has 0 spiro atoms. The first kappa shape index (κ1) is 13.5. The molecule has 0 radical (unpaired) electrons. The molecule has 6 heteroatoms. The van der Waals surface area contributed by atoms with E-state index in [9.17, 15) is 9.18 Å². The molecule has 0 saturated carbocycles. The fraction of sp³-hybridized carbons (Fsp3) is 0.462. The molecule has 0 atom stereocenters. The summed E-state index contributed by atoms with van der Waals surface area (Å²) < 4.78 is 29.9. The maximum Gasteiger partial charge on any atom is 0.304 e. The number of fused-ring (bicyclic) bond motifs is 1. The number of benzene rings is 1.